The second-order valence-corrected chi connectivity index (χ2v) is 4.28. The lowest BCUT2D eigenvalue weighted by Crippen LogP contribution is -2.01. The van der Waals surface area contributed by atoms with Crippen molar-refractivity contribution in [3.05, 3.63) is 29.8 Å². The quantitative estimate of drug-likeness (QED) is 0.524. The number of carbonyl (C=O) groups is 1. The fourth-order valence-corrected chi connectivity index (χ4v) is 1.66. The first-order valence-electron chi connectivity index (χ1n) is 6.54. The highest BCUT2D eigenvalue weighted by atomic mass is 16.5. The molecule has 3 nitrogen and oxygen atoms in total. The van der Waals surface area contributed by atoms with Crippen molar-refractivity contribution in [3.8, 4) is 5.75 Å². The van der Waals surface area contributed by atoms with Crippen LogP contribution in [0.5, 0.6) is 5.75 Å². The number of carbonyl (C=O) groups excluding carboxylic acids is 1. The van der Waals surface area contributed by atoms with Gasteiger partial charge in [-0.05, 0) is 37.0 Å². The van der Waals surface area contributed by atoms with Crippen molar-refractivity contribution in [1.29, 1.82) is 0 Å². The molecule has 1 aromatic carbocycles. The van der Waals surface area contributed by atoms with Crippen molar-refractivity contribution in [3.63, 3.8) is 0 Å². The smallest absolute Gasteiger partial charge is 0.305 e. The van der Waals surface area contributed by atoms with Gasteiger partial charge < -0.3 is 9.47 Å². The Labute approximate surface area is 109 Å². The Balaban J connectivity index is 2.36. The average molecular weight is 250 g/mol. The standard InChI is InChI=1S/C15H22O3/c1-3-4-11-18-14-9-5-7-13(12-14)8-6-10-15(16)17-2/h5,7,9,12H,3-4,6,8,10-11H2,1-2H3. The third-order valence-electron chi connectivity index (χ3n) is 2.74. The Bertz CT molecular complexity index is 361. The number of hydrogen-bond donors (Lipinski definition) is 0. The molecule has 0 fully saturated rings. The van der Waals surface area contributed by atoms with Crippen molar-refractivity contribution in [2.75, 3.05) is 13.7 Å². The summed E-state index contributed by atoms with van der Waals surface area (Å²) < 4.78 is 10.3. The van der Waals surface area contributed by atoms with Crippen LogP contribution in [-0.2, 0) is 16.0 Å². The summed E-state index contributed by atoms with van der Waals surface area (Å²) in [6, 6.07) is 8.07. The third kappa shape index (κ3) is 5.71. The second-order valence-electron chi connectivity index (χ2n) is 4.28. The minimum absolute atomic E-state index is 0.148. The first-order valence-corrected chi connectivity index (χ1v) is 6.54. The Kier molecular flexibility index (Phi) is 6.92. The van der Waals surface area contributed by atoms with Gasteiger partial charge in [0.05, 0.1) is 13.7 Å². The first-order chi connectivity index (χ1) is 8.76. The molecule has 0 aromatic heterocycles. The van der Waals surface area contributed by atoms with E-state index in [4.69, 9.17) is 4.74 Å². The fraction of sp³-hybridized carbons (Fsp3) is 0.533. The van der Waals surface area contributed by atoms with Gasteiger partial charge in [0.1, 0.15) is 5.75 Å². The monoisotopic (exact) mass is 250 g/mol. The minimum Gasteiger partial charge on any atom is -0.494 e. The summed E-state index contributed by atoms with van der Waals surface area (Å²) in [5, 5.41) is 0. The summed E-state index contributed by atoms with van der Waals surface area (Å²) in [6.07, 6.45) is 4.37. The summed E-state index contributed by atoms with van der Waals surface area (Å²) in [6.45, 7) is 2.91. The van der Waals surface area contributed by atoms with Crippen LogP contribution in [0.15, 0.2) is 24.3 Å². The van der Waals surface area contributed by atoms with Gasteiger partial charge in [0, 0.05) is 6.42 Å². The molecule has 1 rings (SSSR count). The number of ether oxygens (including phenoxy) is 2. The maximum absolute atomic E-state index is 11.0. The van der Waals surface area contributed by atoms with Crippen LogP contribution in [0.25, 0.3) is 0 Å². The summed E-state index contributed by atoms with van der Waals surface area (Å²) >= 11 is 0. The molecule has 0 bridgehead atoms. The van der Waals surface area contributed by atoms with Gasteiger partial charge in [-0.25, -0.2) is 0 Å². The molecule has 0 unspecified atom stereocenters. The van der Waals surface area contributed by atoms with E-state index < -0.39 is 0 Å². The van der Waals surface area contributed by atoms with Gasteiger partial charge in [0.15, 0.2) is 0 Å². The molecule has 0 amide bonds. The normalized spacial score (nSPS) is 10.1. The number of hydrogen-bond acceptors (Lipinski definition) is 3. The number of rotatable bonds is 8. The molecule has 0 radical (unpaired) electrons. The van der Waals surface area contributed by atoms with Crippen LogP contribution < -0.4 is 4.74 Å². The van der Waals surface area contributed by atoms with Crippen LogP contribution in [0.3, 0.4) is 0 Å². The molecule has 0 aliphatic carbocycles. The van der Waals surface area contributed by atoms with E-state index in [2.05, 4.69) is 17.7 Å². The van der Waals surface area contributed by atoms with Crippen LogP contribution >= 0.6 is 0 Å². The molecule has 1 aromatic rings. The lowest BCUT2D eigenvalue weighted by Gasteiger charge is -2.07. The number of benzene rings is 1. The van der Waals surface area contributed by atoms with Gasteiger partial charge in [0.25, 0.3) is 0 Å². The maximum atomic E-state index is 11.0. The Morgan fingerprint density at radius 1 is 1.28 bits per heavy atom. The molecular formula is C15H22O3. The lowest BCUT2D eigenvalue weighted by atomic mass is 10.1. The molecule has 0 aliphatic heterocycles. The van der Waals surface area contributed by atoms with E-state index in [9.17, 15) is 4.79 Å². The minimum atomic E-state index is -0.148. The first kappa shape index (κ1) is 14.6. The Morgan fingerprint density at radius 3 is 2.83 bits per heavy atom. The van der Waals surface area contributed by atoms with Gasteiger partial charge in [-0.15, -0.1) is 0 Å². The molecule has 0 heterocycles. The highest BCUT2D eigenvalue weighted by molar-refractivity contribution is 5.69. The van der Waals surface area contributed by atoms with E-state index in [0.29, 0.717) is 6.42 Å². The van der Waals surface area contributed by atoms with Crippen molar-refractivity contribution in [1.82, 2.24) is 0 Å². The summed E-state index contributed by atoms with van der Waals surface area (Å²) in [4.78, 5) is 11.0. The number of esters is 1. The third-order valence-corrected chi connectivity index (χ3v) is 2.74. The van der Waals surface area contributed by atoms with Gasteiger partial charge in [-0.3, -0.25) is 4.79 Å². The molecule has 0 saturated heterocycles. The van der Waals surface area contributed by atoms with Crippen LogP contribution in [0, 0.1) is 0 Å². The zero-order chi connectivity index (χ0) is 13.2. The maximum Gasteiger partial charge on any atom is 0.305 e. The van der Waals surface area contributed by atoms with E-state index in [1.165, 1.54) is 12.7 Å². The lowest BCUT2D eigenvalue weighted by molar-refractivity contribution is -0.140. The molecule has 3 heteroatoms. The molecular weight excluding hydrogens is 228 g/mol. The van der Waals surface area contributed by atoms with Crippen LogP contribution in [-0.4, -0.2) is 19.7 Å². The predicted octanol–water partition coefficient (Wildman–Crippen LogP) is 3.36. The zero-order valence-corrected chi connectivity index (χ0v) is 11.3. The highest BCUT2D eigenvalue weighted by Crippen LogP contribution is 2.15. The molecule has 0 aliphatic rings. The largest absolute Gasteiger partial charge is 0.494 e. The summed E-state index contributed by atoms with van der Waals surface area (Å²) in [7, 11) is 1.42. The van der Waals surface area contributed by atoms with E-state index in [1.54, 1.807) is 0 Å². The predicted molar refractivity (Wildman–Crippen MR) is 71.8 cm³/mol. The number of unbranched alkanes of at least 4 members (excludes halogenated alkanes) is 1. The number of methoxy groups -OCH3 is 1. The van der Waals surface area contributed by atoms with Crippen molar-refractivity contribution < 1.29 is 14.3 Å². The SMILES string of the molecule is CCCCOc1cccc(CCCC(=O)OC)c1. The van der Waals surface area contributed by atoms with Crippen LogP contribution in [0.1, 0.15) is 38.2 Å². The summed E-state index contributed by atoms with van der Waals surface area (Å²) in [5.41, 5.74) is 1.20. The number of aryl methyl sites for hydroxylation is 1. The van der Waals surface area contributed by atoms with Gasteiger partial charge in [-0.2, -0.15) is 0 Å². The van der Waals surface area contributed by atoms with Crippen molar-refractivity contribution in [2.45, 2.75) is 39.0 Å². The van der Waals surface area contributed by atoms with E-state index >= 15 is 0 Å². The molecule has 100 valence electrons. The van der Waals surface area contributed by atoms with Gasteiger partial charge in [0.2, 0.25) is 0 Å². The van der Waals surface area contributed by atoms with E-state index in [-0.39, 0.29) is 5.97 Å². The molecule has 0 N–H and O–H groups in total. The van der Waals surface area contributed by atoms with E-state index in [0.717, 1.165) is 38.0 Å². The summed E-state index contributed by atoms with van der Waals surface area (Å²) in [5.74, 6) is 0.768. The zero-order valence-electron chi connectivity index (χ0n) is 11.3. The van der Waals surface area contributed by atoms with Gasteiger partial charge >= 0.3 is 5.97 Å². The Hall–Kier alpha value is -1.51. The Morgan fingerprint density at radius 2 is 2.11 bits per heavy atom. The molecule has 0 atom stereocenters. The second kappa shape index (κ2) is 8.56. The van der Waals surface area contributed by atoms with Crippen molar-refractivity contribution in [2.24, 2.45) is 0 Å². The molecule has 0 saturated carbocycles. The molecule has 0 spiro atoms. The average Bonchev–Trinajstić information content (AvgIpc) is 2.39. The molecule has 18 heavy (non-hydrogen) atoms. The van der Waals surface area contributed by atoms with Crippen LogP contribution in [0.2, 0.25) is 0 Å². The highest BCUT2D eigenvalue weighted by Gasteiger charge is 2.01. The van der Waals surface area contributed by atoms with Crippen molar-refractivity contribution >= 4 is 5.97 Å². The van der Waals surface area contributed by atoms with E-state index in [1.807, 2.05) is 18.2 Å². The van der Waals surface area contributed by atoms with Crippen LogP contribution in [0.4, 0.5) is 0 Å². The van der Waals surface area contributed by atoms with Gasteiger partial charge in [-0.1, -0.05) is 25.5 Å². The fourth-order valence-electron chi connectivity index (χ4n) is 1.66. The topological polar surface area (TPSA) is 35.5 Å².